The predicted molar refractivity (Wildman–Crippen MR) is 37.3 cm³/mol. The lowest BCUT2D eigenvalue weighted by atomic mass is 10.4. The Kier molecular flexibility index (Phi) is 0.974. The van der Waals surface area contributed by atoms with Crippen molar-refractivity contribution < 1.29 is 4.57 Å². The number of aryl methyl sites for hydroxylation is 1. The fourth-order valence-electron chi connectivity index (χ4n) is 1.02. The van der Waals surface area contributed by atoms with Crippen LogP contribution in [-0.4, -0.2) is 9.97 Å². The topological polar surface area (TPSA) is 32.6 Å². The maximum absolute atomic E-state index is 4.17. The molecule has 0 saturated heterocycles. The van der Waals surface area contributed by atoms with Gasteiger partial charge in [-0.05, 0) is 12.1 Å². The molecule has 0 aliphatic rings. The average Bonchev–Trinajstić information content (AvgIpc) is 2.34. The zero-order valence-electron chi connectivity index (χ0n) is 5.70. The molecule has 0 atom stereocenters. The second-order valence-electron chi connectivity index (χ2n) is 2.26. The number of fused-ring (bicyclic) bond motifs is 1. The van der Waals surface area contributed by atoms with Gasteiger partial charge < -0.3 is 0 Å². The highest BCUT2D eigenvalue weighted by Gasteiger charge is 2.03. The first-order valence-electron chi connectivity index (χ1n) is 3.15. The highest BCUT2D eigenvalue weighted by molar-refractivity contribution is 5.65. The van der Waals surface area contributed by atoms with Crippen molar-refractivity contribution in [2.45, 2.75) is 0 Å². The van der Waals surface area contributed by atoms with Crippen molar-refractivity contribution in [3.05, 3.63) is 24.7 Å². The number of aromatic amines is 1. The molecule has 2 heterocycles. The van der Waals surface area contributed by atoms with Crippen LogP contribution in [0.2, 0.25) is 0 Å². The smallest absolute Gasteiger partial charge is 0.274 e. The van der Waals surface area contributed by atoms with Crippen LogP contribution in [0.4, 0.5) is 0 Å². The Balaban J connectivity index is 2.93. The molecule has 3 nitrogen and oxygen atoms in total. The standard InChI is InChI=1S/C7H7N3/c1-10-5-9-6-3-2-4-8-7(6)10/h2-5H,1H3/p+1. The van der Waals surface area contributed by atoms with Crippen LogP contribution in [0.1, 0.15) is 0 Å². The summed E-state index contributed by atoms with van der Waals surface area (Å²) in [5.41, 5.74) is 2.06. The van der Waals surface area contributed by atoms with Gasteiger partial charge in [-0.2, -0.15) is 0 Å². The maximum Gasteiger partial charge on any atom is 0.301 e. The summed E-state index contributed by atoms with van der Waals surface area (Å²) >= 11 is 0. The summed E-state index contributed by atoms with van der Waals surface area (Å²) in [6, 6.07) is 3.92. The van der Waals surface area contributed by atoms with Gasteiger partial charge in [0.15, 0.2) is 11.8 Å². The van der Waals surface area contributed by atoms with Crippen molar-refractivity contribution in [2.75, 3.05) is 0 Å². The van der Waals surface area contributed by atoms with Crippen LogP contribution >= 0.6 is 0 Å². The van der Waals surface area contributed by atoms with Crippen molar-refractivity contribution in [3.8, 4) is 0 Å². The lowest BCUT2D eigenvalue weighted by Crippen LogP contribution is -2.25. The molecule has 0 unspecified atom stereocenters. The molecule has 0 aliphatic carbocycles. The summed E-state index contributed by atoms with van der Waals surface area (Å²) in [6.07, 6.45) is 3.67. The number of H-pyrrole nitrogens is 1. The molecule has 0 fully saturated rings. The van der Waals surface area contributed by atoms with Gasteiger partial charge in [0.1, 0.15) is 6.20 Å². The Bertz CT molecular complexity index is 350. The quantitative estimate of drug-likeness (QED) is 0.519. The zero-order valence-corrected chi connectivity index (χ0v) is 5.70. The maximum atomic E-state index is 4.17. The van der Waals surface area contributed by atoms with E-state index in [4.69, 9.17) is 0 Å². The SMILES string of the molecule is C[n+]1c[nH]c2cccnc21. The van der Waals surface area contributed by atoms with Gasteiger partial charge in [-0.1, -0.05) is 0 Å². The minimum Gasteiger partial charge on any atom is -0.274 e. The van der Waals surface area contributed by atoms with E-state index in [0.717, 1.165) is 11.2 Å². The fourth-order valence-corrected chi connectivity index (χ4v) is 1.02. The van der Waals surface area contributed by atoms with E-state index < -0.39 is 0 Å². The molecular formula is C7H8N3+. The fraction of sp³-hybridized carbons (Fsp3) is 0.143. The van der Waals surface area contributed by atoms with Gasteiger partial charge in [0.2, 0.25) is 0 Å². The molecule has 2 aromatic heterocycles. The average molecular weight is 134 g/mol. The van der Waals surface area contributed by atoms with Crippen molar-refractivity contribution in [2.24, 2.45) is 7.05 Å². The molecule has 0 radical (unpaired) electrons. The Labute approximate surface area is 58.3 Å². The Morgan fingerprint density at radius 3 is 3.30 bits per heavy atom. The van der Waals surface area contributed by atoms with Crippen LogP contribution in [0.25, 0.3) is 11.2 Å². The number of pyridine rings is 1. The second-order valence-corrected chi connectivity index (χ2v) is 2.26. The molecule has 0 aliphatic heterocycles. The summed E-state index contributed by atoms with van der Waals surface area (Å²) in [6.45, 7) is 0. The number of rotatable bonds is 0. The summed E-state index contributed by atoms with van der Waals surface area (Å²) in [7, 11) is 1.96. The van der Waals surface area contributed by atoms with Crippen molar-refractivity contribution in [1.29, 1.82) is 0 Å². The molecule has 2 rings (SSSR count). The van der Waals surface area contributed by atoms with Gasteiger partial charge in [0.25, 0.3) is 0 Å². The van der Waals surface area contributed by atoms with Crippen LogP contribution in [0.5, 0.6) is 0 Å². The predicted octanol–water partition coefficient (Wildman–Crippen LogP) is 0.387. The Morgan fingerprint density at radius 1 is 1.60 bits per heavy atom. The van der Waals surface area contributed by atoms with Gasteiger partial charge in [0, 0.05) is 0 Å². The molecule has 10 heavy (non-hydrogen) atoms. The number of hydrogen-bond donors (Lipinski definition) is 1. The van der Waals surface area contributed by atoms with E-state index in [1.54, 1.807) is 6.20 Å². The summed E-state index contributed by atoms with van der Waals surface area (Å²) < 4.78 is 1.95. The lowest BCUT2D eigenvalue weighted by Gasteiger charge is -1.80. The molecule has 0 saturated carbocycles. The minimum absolute atomic E-state index is 0.988. The summed E-state index contributed by atoms with van der Waals surface area (Å²) in [5, 5.41) is 0. The summed E-state index contributed by atoms with van der Waals surface area (Å²) in [4.78, 5) is 7.26. The van der Waals surface area contributed by atoms with E-state index >= 15 is 0 Å². The minimum atomic E-state index is 0.988. The van der Waals surface area contributed by atoms with Crippen molar-refractivity contribution in [1.82, 2.24) is 9.97 Å². The molecule has 0 amide bonds. The Morgan fingerprint density at radius 2 is 2.50 bits per heavy atom. The van der Waals surface area contributed by atoms with E-state index in [9.17, 15) is 0 Å². The summed E-state index contributed by atoms with van der Waals surface area (Å²) in [5.74, 6) is 0. The molecule has 0 aromatic carbocycles. The van der Waals surface area contributed by atoms with Gasteiger partial charge >= 0.3 is 5.65 Å². The normalized spacial score (nSPS) is 10.5. The van der Waals surface area contributed by atoms with Crippen LogP contribution in [0, 0.1) is 0 Å². The molecule has 3 heteroatoms. The largest absolute Gasteiger partial charge is 0.301 e. The Hall–Kier alpha value is -1.38. The molecular weight excluding hydrogens is 126 g/mol. The third kappa shape index (κ3) is 0.603. The van der Waals surface area contributed by atoms with Gasteiger partial charge in [0.05, 0.1) is 7.05 Å². The van der Waals surface area contributed by atoms with E-state index in [1.165, 1.54) is 0 Å². The molecule has 2 aromatic rings. The van der Waals surface area contributed by atoms with E-state index in [2.05, 4.69) is 9.97 Å². The van der Waals surface area contributed by atoms with Gasteiger partial charge in [-0.25, -0.2) is 4.57 Å². The number of imidazole rings is 1. The highest BCUT2D eigenvalue weighted by atomic mass is 15.1. The first-order valence-corrected chi connectivity index (χ1v) is 3.15. The molecule has 1 N–H and O–H groups in total. The number of hydrogen-bond acceptors (Lipinski definition) is 1. The third-order valence-corrected chi connectivity index (χ3v) is 1.53. The monoisotopic (exact) mass is 134 g/mol. The van der Waals surface area contributed by atoms with Crippen molar-refractivity contribution >= 4 is 11.2 Å². The van der Waals surface area contributed by atoms with Crippen LogP contribution in [0.15, 0.2) is 24.7 Å². The van der Waals surface area contributed by atoms with Gasteiger partial charge in [-0.3, -0.25) is 4.98 Å². The molecule has 0 spiro atoms. The number of aromatic nitrogens is 3. The van der Waals surface area contributed by atoms with Crippen LogP contribution in [-0.2, 0) is 7.05 Å². The number of nitrogens with one attached hydrogen (secondary N) is 1. The lowest BCUT2D eigenvalue weighted by molar-refractivity contribution is -0.646. The first-order chi connectivity index (χ1) is 4.88. The van der Waals surface area contributed by atoms with Crippen LogP contribution < -0.4 is 4.57 Å². The second kappa shape index (κ2) is 1.80. The van der Waals surface area contributed by atoms with E-state index in [0.29, 0.717) is 0 Å². The zero-order chi connectivity index (χ0) is 6.97. The first kappa shape index (κ1) is 5.41. The third-order valence-electron chi connectivity index (χ3n) is 1.53. The number of nitrogens with zero attached hydrogens (tertiary/aromatic N) is 2. The van der Waals surface area contributed by atoms with Crippen LogP contribution in [0.3, 0.4) is 0 Å². The van der Waals surface area contributed by atoms with E-state index in [1.807, 2.05) is 30.1 Å². The van der Waals surface area contributed by atoms with E-state index in [-0.39, 0.29) is 0 Å². The molecule has 50 valence electrons. The molecule has 0 bridgehead atoms. The highest BCUT2D eigenvalue weighted by Crippen LogP contribution is 1.99. The van der Waals surface area contributed by atoms with Crippen molar-refractivity contribution in [3.63, 3.8) is 0 Å². The van der Waals surface area contributed by atoms with Gasteiger partial charge in [-0.15, -0.1) is 4.98 Å².